The van der Waals surface area contributed by atoms with Crippen molar-refractivity contribution in [2.45, 2.75) is 12.5 Å². The molecule has 2 amide bonds. The molecule has 0 aliphatic rings. The van der Waals surface area contributed by atoms with Crippen LogP contribution >= 0.6 is 0 Å². The lowest BCUT2D eigenvalue weighted by molar-refractivity contribution is -0.127. The van der Waals surface area contributed by atoms with Gasteiger partial charge in [-0.25, -0.2) is 0 Å². The number of carbonyl (C=O) groups is 2. The molecule has 3 N–H and O–H groups in total. The van der Waals surface area contributed by atoms with Gasteiger partial charge in [0.25, 0.3) is 0 Å². The molecular weight excluding hydrogens is 294 g/mol. The van der Waals surface area contributed by atoms with Crippen LogP contribution in [0.15, 0.2) is 59.1 Å². The smallest absolute Gasteiger partial charge is 0.244 e. The van der Waals surface area contributed by atoms with E-state index < -0.39 is 11.9 Å². The van der Waals surface area contributed by atoms with Gasteiger partial charge < -0.3 is 15.6 Å². The predicted octanol–water partition coefficient (Wildman–Crippen LogP) is 1.71. The molecule has 116 valence electrons. The predicted molar refractivity (Wildman–Crippen MR) is 84.2 cm³/mol. The Morgan fingerprint density at radius 2 is 1.78 bits per heavy atom. The molecule has 0 spiro atoms. The molecule has 3 rings (SSSR count). The van der Waals surface area contributed by atoms with Crippen LogP contribution < -0.4 is 11.1 Å². The van der Waals surface area contributed by atoms with Crippen molar-refractivity contribution in [3.8, 4) is 0 Å². The molecule has 1 unspecified atom stereocenters. The average Bonchev–Trinajstić information content (AvgIpc) is 2.96. The molecule has 1 atom stereocenters. The Balaban J connectivity index is 1.76. The van der Waals surface area contributed by atoms with Crippen molar-refractivity contribution in [3.05, 3.63) is 65.9 Å². The maximum atomic E-state index is 12.2. The molecule has 0 aliphatic heterocycles. The number of amides is 2. The maximum absolute atomic E-state index is 12.2. The highest BCUT2D eigenvalue weighted by Crippen LogP contribution is 2.18. The molecular formula is C17H15N3O3. The summed E-state index contributed by atoms with van der Waals surface area (Å²) >= 11 is 0. The van der Waals surface area contributed by atoms with Gasteiger partial charge in [-0.15, -0.1) is 0 Å². The lowest BCUT2D eigenvalue weighted by atomic mass is 10.1. The van der Waals surface area contributed by atoms with E-state index >= 15 is 0 Å². The first kappa shape index (κ1) is 14.8. The lowest BCUT2D eigenvalue weighted by Gasteiger charge is -2.15. The molecule has 23 heavy (non-hydrogen) atoms. The molecule has 6 heteroatoms. The summed E-state index contributed by atoms with van der Waals surface area (Å²) in [6.07, 6.45) is 0.00757. The number of hydrogen-bond donors (Lipinski definition) is 2. The quantitative estimate of drug-likeness (QED) is 0.749. The minimum absolute atomic E-state index is 0.00757. The Morgan fingerprint density at radius 3 is 2.52 bits per heavy atom. The van der Waals surface area contributed by atoms with E-state index in [9.17, 15) is 9.59 Å². The Labute approximate surface area is 132 Å². The highest BCUT2D eigenvalue weighted by Gasteiger charge is 2.21. The third-order valence-electron chi connectivity index (χ3n) is 3.50. The molecule has 6 nitrogen and oxygen atoms in total. The number of hydrogen-bond acceptors (Lipinski definition) is 4. The van der Waals surface area contributed by atoms with Crippen LogP contribution in [-0.4, -0.2) is 17.0 Å². The number of fused-ring (bicyclic) bond motifs is 1. The second kappa shape index (κ2) is 6.31. The fraction of sp³-hybridized carbons (Fsp3) is 0.118. The molecule has 0 fully saturated rings. The monoisotopic (exact) mass is 309 g/mol. The number of nitrogens with zero attached hydrogens (tertiary/aromatic N) is 1. The van der Waals surface area contributed by atoms with Gasteiger partial charge in [-0.05, 0) is 17.7 Å². The number of para-hydroxylation sites is 1. The van der Waals surface area contributed by atoms with Crippen molar-refractivity contribution in [2.75, 3.05) is 0 Å². The zero-order chi connectivity index (χ0) is 16.2. The van der Waals surface area contributed by atoms with Crippen molar-refractivity contribution in [1.29, 1.82) is 0 Å². The fourth-order valence-corrected chi connectivity index (χ4v) is 2.39. The summed E-state index contributed by atoms with van der Waals surface area (Å²) in [5.74, 6) is -0.966. The molecule has 0 bridgehead atoms. The fourth-order valence-electron chi connectivity index (χ4n) is 2.39. The highest BCUT2D eigenvalue weighted by molar-refractivity contribution is 5.90. The largest absolute Gasteiger partial charge is 0.368 e. The Kier molecular flexibility index (Phi) is 4.05. The van der Waals surface area contributed by atoms with Gasteiger partial charge in [-0.3, -0.25) is 9.59 Å². The van der Waals surface area contributed by atoms with E-state index in [1.165, 1.54) is 0 Å². The van der Waals surface area contributed by atoms with Gasteiger partial charge in [0.1, 0.15) is 11.7 Å². The van der Waals surface area contributed by atoms with Crippen molar-refractivity contribution >= 4 is 22.8 Å². The maximum Gasteiger partial charge on any atom is 0.244 e. The van der Waals surface area contributed by atoms with Crippen LogP contribution in [0.1, 0.15) is 17.3 Å². The summed E-state index contributed by atoms with van der Waals surface area (Å²) in [6.45, 7) is 0. The zero-order valence-corrected chi connectivity index (χ0v) is 12.2. The summed E-state index contributed by atoms with van der Waals surface area (Å²) in [4.78, 5) is 23.9. The van der Waals surface area contributed by atoms with Crippen LogP contribution in [0, 0.1) is 0 Å². The molecule has 0 saturated heterocycles. The molecule has 2 aromatic carbocycles. The van der Waals surface area contributed by atoms with Crippen molar-refractivity contribution < 1.29 is 14.1 Å². The van der Waals surface area contributed by atoms with E-state index in [2.05, 4.69) is 10.5 Å². The van der Waals surface area contributed by atoms with E-state index in [0.717, 1.165) is 5.39 Å². The normalized spacial score (nSPS) is 12.0. The van der Waals surface area contributed by atoms with Crippen LogP contribution in [-0.2, 0) is 16.0 Å². The summed E-state index contributed by atoms with van der Waals surface area (Å²) in [5, 5.41) is 7.32. The molecule has 1 aromatic heterocycles. The van der Waals surface area contributed by atoms with Gasteiger partial charge in [-0.2, -0.15) is 0 Å². The topological polar surface area (TPSA) is 98.2 Å². The minimum atomic E-state index is -0.873. The van der Waals surface area contributed by atoms with Crippen LogP contribution in [0.2, 0.25) is 0 Å². The molecule has 0 aliphatic carbocycles. The third kappa shape index (κ3) is 3.21. The summed E-state index contributed by atoms with van der Waals surface area (Å²) in [7, 11) is 0. The Hall–Kier alpha value is -3.15. The number of nitrogens with two attached hydrogens (primary N) is 1. The summed E-state index contributed by atoms with van der Waals surface area (Å²) < 4.78 is 5.17. The van der Waals surface area contributed by atoms with E-state index in [0.29, 0.717) is 16.8 Å². The zero-order valence-electron chi connectivity index (χ0n) is 12.2. The number of rotatable bonds is 5. The third-order valence-corrected chi connectivity index (χ3v) is 3.50. The first-order chi connectivity index (χ1) is 11.1. The van der Waals surface area contributed by atoms with Crippen LogP contribution in [0.4, 0.5) is 0 Å². The molecule has 0 saturated carbocycles. The van der Waals surface area contributed by atoms with Gasteiger partial charge in [0, 0.05) is 5.39 Å². The number of aromatic nitrogens is 1. The molecule has 1 heterocycles. The standard InChI is InChI=1S/C17H15N3O3/c18-17(22)16(11-6-2-1-3-7-11)19-15(21)10-13-12-8-4-5-9-14(12)23-20-13/h1-9,16H,10H2,(H2,18,22)(H,19,21). The second-order valence-corrected chi connectivity index (χ2v) is 5.12. The second-order valence-electron chi connectivity index (χ2n) is 5.12. The lowest BCUT2D eigenvalue weighted by Crippen LogP contribution is -2.38. The summed E-state index contributed by atoms with van der Waals surface area (Å²) in [6, 6.07) is 15.3. The van der Waals surface area contributed by atoms with E-state index in [1.54, 1.807) is 30.3 Å². The highest BCUT2D eigenvalue weighted by atomic mass is 16.5. The minimum Gasteiger partial charge on any atom is -0.368 e. The van der Waals surface area contributed by atoms with Crippen molar-refractivity contribution in [3.63, 3.8) is 0 Å². The SMILES string of the molecule is NC(=O)C(NC(=O)Cc1noc2ccccc12)c1ccccc1. The molecule has 3 aromatic rings. The average molecular weight is 309 g/mol. The number of benzene rings is 2. The van der Waals surface area contributed by atoms with Crippen LogP contribution in [0.5, 0.6) is 0 Å². The van der Waals surface area contributed by atoms with Gasteiger partial charge in [-0.1, -0.05) is 47.6 Å². The first-order valence-corrected chi connectivity index (χ1v) is 7.12. The van der Waals surface area contributed by atoms with Crippen molar-refractivity contribution in [2.24, 2.45) is 5.73 Å². The Morgan fingerprint density at radius 1 is 1.09 bits per heavy atom. The van der Waals surface area contributed by atoms with Crippen LogP contribution in [0.25, 0.3) is 11.0 Å². The number of carbonyl (C=O) groups excluding carboxylic acids is 2. The Bertz CT molecular complexity index is 842. The number of primary amides is 1. The van der Waals surface area contributed by atoms with Gasteiger partial charge >= 0.3 is 0 Å². The van der Waals surface area contributed by atoms with Gasteiger partial charge in [0.15, 0.2) is 5.58 Å². The van der Waals surface area contributed by atoms with Gasteiger partial charge in [0.05, 0.1) is 6.42 Å². The van der Waals surface area contributed by atoms with E-state index in [-0.39, 0.29) is 12.3 Å². The van der Waals surface area contributed by atoms with Gasteiger partial charge in [0.2, 0.25) is 11.8 Å². The summed E-state index contributed by atoms with van der Waals surface area (Å²) in [5.41, 5.74) is 7.17. The van der Waals surface area contributed by atoms with Crippen molar-refractivity contribution in [1.82, 2.24) is 10.5 Å². The first-order valence-electron chi connectivity index (χ1n) is 7.12. The van der Waals surface area contributed by atoms with E-state index in [4.69, 9.17) is 10.3 Å². The number of nitrogens with one attached hydrogen (secondary N) is 1. The molecule has 0 radical (unpaired) electrons. The van der Waals surface area contributed by atoms with E-state index in [1.807, 2.05) is 24.3 Å². The van der Waals surface area contributed by atoms with Crippen LogP contribution in [0.3, 0.4) is 0 Å².